The van der Waals surface area contributed by atoms with Crippen LogP contribution in [0.1, 0.15) is 24.8 Å². The summed E-state index contributed by atoms with van der Waals surface area (Å²) in [6.45, 7) is 4.93. The molecule has 2 saturated heterocycles. The molecule has 3 atom stereocenters. The Balaban J connectivity index is 1.67. The van der Waals surface area contributed by atoms with E-state index in [2.05, 4.69) is 36.5 Å². The van der Waals surface area contributed by atoms with Gasteiger partial charge in [0.1, 0.15) is 6.04 Å². The lowest BCUT2D eigenvalue weighted by Crippen LogP contribution is -2.53. The molecule has 0 aliphatic carbocycles. The number of ether oxygens (including phenoxy) is 1. The van der Waals surface area contributed by atoms with Crippen LogP contribution < -0.4 is 5.32 Å². The van der Waals surface area contributed by atoms with Gasteiger partial charge < -0.3 is 15.0 Å². The highest BCUT2D eigenvalue weighted by molar-refractivity contribution is 5.82. The molecule has 0 bridgehead atoms. The number of benzene rings is 1. The minimum atomic E-state index is -0.166. The number of morpholine rings is 1. The maximum absolute atomic E-state index is 12.6. The minimum Gasteiger partial charge on any atom is -0.378 e. The van der Waals surface area contributed by atoms with Gasteiger partial charge >= 0.3 is 0 Å². The van der Waals surface area contributed by atoms with Crippen molar-refractivity contribution in [3.05, 3.63) is 35.9 Å². The number of nitrogens with zero attached hydrogens (tertiary/aromatic N) is 1. The first kappa shape index (κ1) is 13.6. The monoisotopic (exact) mass is 274 g/mol. The third-order valence-electron chi connectivity index (χ3n) is 4.35. The predicted octanol–water partition coefficient (Wildman–Crippen LogP) is 1.38. The molecule has 2 fully saturated rings. The van der Waals surface area contributed by atoms with Crippen molar-refractivity contribution in [1.29, 1.82) is 0 Å². The van der Waals surface area contributed by atoms with Gasteiger partial charge in [0.15, 0.2) is 0 Å². The molecule has 0 radical (unpaired) electrons. The van der Waals surface area contributed by atoms with Gasteiger partial charge in [0.2, 0.25) is 5.91 Å². The van der Waals surface area contributed by atoms with Gasteiger partial charge in [-0.15, -0.1) is 0 Å². The Hall–Kier alpha value is -1.39. The SMILES string of the molecule is C[C@@H]1C[C@H](c2ccccc2)CN1C(=O)[C@H]1COCCN1. The Morgan fingerprint density at radius 3 is 2.85 bits per heavy atom. The molecule has 2 aliphatic rings. The highest BCUT2D eigenvalue weighted by Gasteiger charge is 2.36. The summed E-state index contributed by atoms with van der Waals surface area (Å²) in [5.41, 5.74) is 1.34. The number of carbonyl (C=O) groups is 1. The van der Waals surface area contributed by atoms with Crippen LogP contribution in [0.25, 0.3) is 0 Å². The first-order chi connectivity index (χ1) is 9.75. The van der Waals surface area contributed by atoms with E-state index in [9.17, 15) is 4.79 Å². The molecule has 0 aromatic heterocycles. The summed E-state index contributed by atoms with van der Waals surface area (Å²) < 4.78 is 5.40. The summed E-state index contributed by atoms with van der Waals surface area (Å²) >= 11 is 0. The first-order valence-corrected chi connectivity index (χ1v) is 7.42. The van der Waals surface area contributed by atoms with Crippen molar-refractivity contribution < 1.29 is 9.53 Å². The molecule has 4 heteroatoms. The van der Waals surface area contributed by atoms with E-state index >= 15 is 0 Å². The zero-order valence-electron chi connectivity index (χ0n) is 11.9. The van der Waals surface area contributed by atoms with Crippen molar-refractivity contribution in [1.82, 2.24) is 10.2 Å². The summed E-state index contributed by atoms with van der Waals surface area (Å²) in [6.07, 6.45) is 1.04. The fraction of sp³-hybridized carbons (Fsp3) is 0.562. The Bertz CT molecular complexity index is 457. The molecule has 1 N–H and O–H groups in total. The lowest BCUT2D eigenvalue weighted by molar-refractivity contribution is -0.136. The molecule has 3 rings (SSSR count). The van der Waals surface area contributed by atoms with E-state index in [0.717, 1.165) is 19.5 Å². The largest absolute Gasteiger partial charge is 0.378 e. The second-order valence-electron chi connectivity index (χ2n) is 5.76. The van der Waals surface area contributed by atoms with Gasteiger partial charge in [0, 0.05) is 25.0 Å². The maximum Gasteiger partial charge on any atom is 0.242 e. The number of rotatable bonds is 2. The van der Waals surface area contributed by atoms with Gasteiger partial charge in [0.25, 0.3) is 0 Å². The van der Waals surface area contributed by atoms with Crippen LogP contribution in [-0.4, -0.2) is 49.2 Å². The Morgan fingerprint density at radius 2 is 2.15 bits per heavy atom. The minimum absolute atomic E-state index is 0.166. The van der Waals surface area contributed by atoms with Crippen molar-refractivity contribution in [3.8, 4) is 0 Å². The van der Waals surface area contributed by atoms with E-state index in [0.29, 0.717) is 25.2 Å². The molecule has 1 aromatic rings. The van der Waals surface area contributed by atoms with Crippen LogP contribution in [0.5, 0.6) is 0 Å². The average molecular weight is 274 g/mol. The molecule has 2 aliphatic heterocycles. The molecule has 20 heavy (non-hydrogen) atoms. The lowest BCUT2D eigenvalue weighted by Gasteiger charge is -2.29. The highest BCUT2D eigenvalue weighted by Crippen LogP contribution is 2.31. The van der Waals surface area contributed by atoms with Gasteiger partial charge in [-0.05, 0) is 18.9 Å². The zero-order valence-corrected chi connectivity index (χ0v) is 11.9. The lowest BCUT2D eigenvalue weighted by atomic mass is 9.97. The van der Waals surface area contributed by atoms with Crippen molar-refractivity contribution in [2.24, 2.45) is 0 Å². The molecule has 0 saturated carbocycles. The van der Waals surface area contributed by atoms with E-state index in [1.54, 1.807) is 0 Å². The molecule has 1 amide bonds. The van der Waals surface area contributed by atoms with Crippen LogP contribution in [0.4, 0.5) is 0 Å². The van der Waals surface area contributed by atoms with Crippen molar-refractivity contribution in [2.75, 3.05) is 26.3 Å². The zero-order chi connectivity index (χ0) is 13.9. The van der Waals surface area contributed by atoms with Gasteiger partial charge in [-0.1, -0.05) is 30.3 Å². The van der Waals surface area contributed by atoms with Gasteiger partial charge in [0.05, 0.1) is 13.2 Å². The standard InChI is InChI=1S/C16H22N2O2/c1-12-9-14(13-5-3-2-4-6-13)10-18(12)16(19)15-11-20-8-7-17-15/h2-6,12,14-15,17H,7-11H2,1H3/t12-,14+,15-/m1/s1. The summed E-state index contributed by atoms with van der Waals surface area (Å²) in [5.74, 6) is 0.648. The fourth-order valence-electron chi connectivity index (χ4n) is 3.23. The Labute approximate surface area is 120 Å². The van der Waals surface area contributed by atoms with E-state index in [4.69, 9.17) is 4.74 Å². The Morgan fingerprint density at radius 1 is 1.35 bits per heavy atom. The van der Waals surface area contributed by atoms with Crippen molar-refractivity contribution in [2.45, 2.75) is 31.3 Å². The summed E-state index contributed by atoms with van der Waals surface area (Å²) in [7, 11) is 0. The number of hydrogen-bond donors (Lipinski definition) is 1. The van der Waals surface area contributed by atoms with Crippen LogP contribution in [0.3, 0.4) is 0 Å². The third kappa shape index (κ3) is 2.72. The highest BCUT2D eigenvalue weighted by atomic mass is 16.5. The molecule has 108 valence electrons. The maximum atomic E-state index is 12.6. The molecule has 2 heterocycles. The van der Waals surface area contributed by atoms with Gasteiger partial charge in [-0.2, -0.15) is 0 Å². The van der Waals surface area contributed by atoms with Crippen LogP contribution in [-0.2, 0) is 9.53 Å². The third-order valence-corrected chi connectivity index (χ3v) is 4.35. The van der Waals surface area contributed by atoms with E-state index in [-0.39, 0.29) is 11.9 Å². The average Bonchev–Trinajstić information content (AvgIpc) is 2.90. The molecule has 0 unspecified atom stereocenters. The molecule has 1 aromatic carbocycles. The molecule has 0 spiro atoms. The van der Waals surface area contributed by atoms with Gasteiger partial charge in [-0.25, -0.2) is 0 Å². The molecular weight excluding hydrogens is 252 g/mol. The fourth-order valence-corrected chi connectivity index (χ4v) is 3.23. The predicted molar refractivity (Wildman–Crippen MR) is 77.6 cm³/mol. The number of nitrogens with one attached hydrogen (secondary N) is 1. The number of carbonyl (C=O) groups excluding carboxylic acids is 1. The van der Waals surface area contributed by atoms with Gasteiger partial charge in [-0.3, -0.25) is 4.79 Å². The second kappa shape index (κ2) is 5.94. The molecular formula is C16H22N2O2. The first-order valence-electron chi connectivity index (χ1n) is 7.42. The van der Waals surface area contributed by atoms with Crippen LogP contribution in [0.15, 0.2) is 30.3 Å². The van der Waals surface area contributed by atoms with Crippen molar-refractivity contribution >= 4 is 5.91 Å². The Kier molecular flexibility index (Phi) is 4.03. The number of likely N-dealkylation sites (tertiary alicyclic amines) is 1. The van der Waals surface area contributed by atoms with Crippen LogP contribution in [0, 0.1) is 0 Å². The van der Waals surface area contributed by atoms with Crippen molar-refractivity contribution in [3.63, 3.8) is 0 Å². The summed E-state index contributed by atoms with van der Waals surface area (Å²) in [4.78, 5) is 14.6. The van der Waals surface area contributed by atoms with E-state index in [1.165, 1.54) is 5.56 Å². The number of hydrogen-bond acceptors (Lipinski definition) is 3. The van der Waals surface area contributed by atoms with Crippen LogP contribution >= 0.6 is 0 Å². The summed E-state index contributed by atoms with van der Waals surface area (Å²) in [6, 6.07) is 10.6. The van der Waals surface area contributed by atoms with Crippen LogP contribution in [0.2, 0.25) is 0 Å². The quantitative estimate of drug-likeness (QED) is 0.886. The molecule has 4 nitrogen and oxygen atoms in total. The second-order valence-corrected chi connectivity index (χ2v) is 5.76. The normalized spacial score (nSPS) is 30.4. The number of amides is 1. The summed E-state index contributed by atoms with van der Waals surface area (Å²) in [5, 5.41) is 3.25. The van der Waals surface area contributed by atoms with E-state index in [1.807, 2.05) is 11.0 Å². The van der Waals surface area contributed by atoms with E-state index < -0.39 is 0 Å². The topological polar surface area (TPSA) is 41.6 Å². The smallest absolute Gasteiger partial charge is 0.242 e.